The highest BCUT2D eigenvalue weighted by Crippen LogP contribution is 2.12. The Morgan fingerprint density at radius 3 is 2.88 bits per heavy atom. The number of hydrogen-bond acceptors (Lipinski definition) is 5. The molecule has 0 aliphatic rings. The van der Waals surface area contributed by atoms with Crippen molar-refractivity contribution in [1.29, 1.82) is 0 Å². The molecule has 90 valence electrons. The minimum atomic E-state index is 0.0679. The van der Waals surface area contributed by atoms with Gasteiger partial charge in [0.2, 0.25) is 0 Å². The maximum atomic E-state index is 6.10. The van der Waals surface area contributed by atoms with Crippen LogP contribution >= 0.6 is 11.3 Å². The van der Waals surface area contributed by atoms with E-state index in [-0.39, 0.29) is 6.04 Å². The molecule has 0 aromatic carbocycles. The summed E-state index contributed by atoms with van der Waals surface area (Å²) in [5.41, 5.74) is 13.9. The summed E-state index contributed by atoms with van der Waals surface area (Å²) in [4.78, 5) is 8.37. The predicted octanol–water partition coefficient (Wildman–Crippen LogP) is 1.54. The van der Waals surface area contributed by atoms with Crippen LogP contribution < -0.4 is 11.5 Å². The molecule has 4 nitrogen and oxygen atoms in total. The molecule has 1 unspecified atom stereocenters. The Hall–Kier alpha value is -1.46. The summed E-state index contributed by atoms with van der Waals surface area (Å²) < 4.78 is 0. The molecule has 17 heavy (non-hydrogen) atoms. The Bertz CT molecular complexity index is 495. The van der Waals surface area contributed by atoms with E-state index in [1.807, 2.05) is 19.1 Å². The smallest absolute Gasteiger partial charge is 0.123 e. The van der Waals surface area contributed by atoms with Gasteiger partial charge in [-0.25, -0.2) is 9.97 Å². The molecule has 0 spiro atoms. The fraction of sp³-hybridized carbons (Fsp3) is 0.333. The van der Waals surface area contributed by atoms with Crippen LogP contribution in [0.15, 0.2) is 23.7 Å². The van der Waals surface area contributed by atoms with E-state index in [2.05, 4.69) is 15.3 Å². The van der Waals surface area contributed by atoms with Crippen LogP contribution in [0.3, 0.4) is 0 Å². The molecule has 2 aromatic heterocycles. The summed E-state index contributed by atoms with van der Waals surface area (Å²) >= 11 is 1.66. The van der Waals surface area contributed by atoms with Crippen molar-refractivity contribution in [3.05, 3.63) is 40.0 Å². The Morgan fingerprint density at radius 2 is 2.24 bits per heavy atom. The third kappa shape index (κ3) is 3.51. The first kappa shape index (κ1) is 12.0. The van der Waals surface area contributed by atoms with Crippen LogP contribution in [0.1, 0.15) is 16.3 Å². The highest BCUT2D eigenvalue weighted by atomic mass is 32.1. The summed E-state index contributed by atoms with van der Waals surface area (Å²) in [5.74, 6) is 0.541. The largest absolute Gasteiger partial charge is 0.384 e. The summed E-state index contributed by atoms with van der Waals surface area (Å²) in [5, 5.41) is 3.15. The maximum Gasteiger partial charge on any atom is 0.123 e. The maximum absolute atomic E-state index is 6.10. The Balaban J connectivity index is 1.95. The standard InChI is InChI=1S/C12H16N4S/c1-8-16-11(7-17-8)6-10(13)4-9-2-3-15-12(14)5-9/h2-3,5,7,10H,4,6,13H2,1H3,(H2,14,15). The number of rotatable bonds is 4. The van der Waals surface area contributed by atoms with E-state index in [9.17, 15) is 0 Å². The van der Waals surface area contributed by atoms with Gasteiger partial charge < -0.3 is 11.5 Å². The average molecular weight is 248 g/mol. The molecule has 0 fully saturated rings. The Morgan fingerprint density at radius 1 is 1.41 bits per heavy atom. The minimum absolute atomic E-state index is 0.0679. The summed E-state index contributed by atoms with van der Waals surface area (Å²) in [7, 11) is 0. The van der Waals surface area contributed by atoms with Crippen molar-refractivity contribution in [2.45, 2.75) is 25.8 Å². The van der Waals surface area contributed by atoms with E-state index in [1.165, 1.54) is 0 Å². The zero-order valence-electron chi connectivity index (χ0n) is 9.76. The molecule has 0 saturated heterocycles. The summed E-state index contributed by atoms with van der Waals surface area (Å²) in [6.07, 6.45) is 3.31. The van der Waals surface area contributed by atoms with Crippen molar-refractivity contribution in [1.82, 2.24) is 9.97 Å². The van der Waals surface area contributed by atoms with E-state index in [4.69, 9.17) is 11.5 Å². The predicted molar refractivity (Wildman–Crippen MR) is 70.9 cm³/mol. The van der Waals surface area contributed by atoms with Gasteiger partial charge in [-0.2, -0.15) is 0 Å². The van der Waals surface area contributed by atoms with E-state index < -0.39 is 0 Å². The van der Waals surface area contributed by atoms with Gasteiger partial charge in [-0.3, -0.25) is 0 Å². The lowest BCUT2D eigenvalue weighted by molar-refractivity contribution is 0.655. The highest BCUT2D eigenvalue weighted by molar-refractivity contribution is 7.09. The van der Waals surface area contributed by atoms with Crippen molar-refractivity contribution in [3.8, 4) is 0 Å². The molecule has 0 amide bonds. The number of nitrogens with two attached hydrogens (primary N) is 2. The van der Waals surface area contributed by atoms with Gasteiger partial charge in [0.25, 0.3) is 0 Å². The highest BCUT2D eigenvalue weighted by Gasteiger charge is 2.08. The van der Waals surface area contributed by atoms with Gasteiger partial charge in [-0.1, -0.05) is 0 Å². The summed E-state index contributed by atoms with van der Waals surface area (Å²) in [6.45, 7) is 2.00. The van der Waals surface area contributed by atoms with Crippen LogP contribution in [0.5, 0.6) is 0 Å². The Labute approximate surface area is 105 Å². The van der Waals surface area contributed by atoms with E-state index >= 15 is 0 Å². The van der Waals surface area contributed by atoms with Crippen LogP contribution in [-0.2, 0) is 12.8 Å². The van der Waals surface area contributed by atoms with Gasteiger partial charge in [0.05, 0.1) is 10.7 Å². The first-order valence-corrected chi connectivity index (χ1v) is 6.38. The van der Waals surface area contributed by atoms with Crippen LogP contribution in [-0.4, -0.2) is 16.0 Å². The van der Waals surface area contributed by atoms with Crippen LogP contribution in [0.25, 0.3) is 0 Å². The average Bonchev–Trinajstić information content (AvgIpc) is 2.63. The number of hydrogen-bond donors (Lipinski definition) is 2. The van der Waals surface area contributed by atoms with Gasteiger partial charge in [0.1, 0.15) is 5.82 Å². The molecule has 0 bridgehead atoms. The van der Waals surface area contributed by atoms with Crippen LogP contribution in [0.4, 0.5) is 5.82 Å². The van der Waals surface area contributed by atoms with Crippen molar-refractivity contribution >= 4 is 17.2 Å². The van der Waals surface area contributed by atoms with Crippen molar-refractivity contribution in [2.75, 3.05) is 5.73 Å². The molecule has 2 aromatic rings. The second-order valence-electron chi connectivity index (χ2n) is 4.12. The molecule has 0 aliphatic carbocycles. The number of nitrogen functional groups attached to an aromatic ring is 1. The van der Waals surface area contributed by atoms with E-state index in [1.54, 1.807) is 17.5 Å². The molecule has 0 aliphatic heterocycles. The number of pyridine rings is 1. The minimum Gasteiger partial charge on any atom is -0.384 e. The molecular weight excluding hydrogens is 232 g/mol. The van der Waals surface area contributed by atoms with E-state index in [0.29, 0.717) is 5.82 Å². The molecule has 5 heteroatoms. The molecule has 2 heterocycles. The second kappa shape index (κ2) is 5.25. The fourth-order valence-electron chi connectivity index (χ4n) is 1.77. The van der Waals surface area contributed by atoms with Crippen molar-refractivity contribution < 1.29 is 0 Å². The lowest BCUT2D eigenvalue weighted by Crippen LogP contribution is -2.25. The third-order valence-electron chi connectivity index (χ3n) is 2.48. The normalized spacial score (nSPS) is 12.6. The quantitative estimate of drug-likeness (QED) is 0.860. The van der Waals surface area contributed by atoms with Gasteiger partial charge in [-0.05, 0) is 31.0 Å². The Kier molecular flexibility index (Phi) is 3.71. The third-order valence-corrected chi connectivity index (χ3v) is 3.30. The number of aryl methyl sites for hydroxylation is 1. The van der Waals surface area contributed by atoms with Gasteiger partial charge >= 0.3 is 0 Å². The number of anilines is 1. The second-order valence-corrected chi connectivity index (χ2v) is 5.18. The SMILES string of the molecule is Cc1nc(CC(N)Cc2ccnc(N)c2)cs1. The molecule has 2 rings (SSSR count). The number of nitrogens with zero attached hydrogens (tertiary/aromatic N) is 2. The molecular formula is C12H16N4S. The van der Waals surface area contributed by atoms with Crippen LogP contribution in [0.2, 0.25) is 0 Å². The fourth-order valence-corrected chi connectivity index (χ4v) is 2.39. The molecule has 0 saturated carbocycles. The van der Waals surface area contributed by atoms with Gasteiger partial charge in [0.15, 0.2) is 0 Å². The zero-order chi connectivity index (χ0) is 12.3. The zero-order valence-corrected chi connectivity index (χ0v) is 10.6. The van der Waals surface area contributed by atoms with Crippen molar-refractivity contribution in [3.63, 3.8) is 0 Å². The molecule has 0 radical (unpaired) electrons. The van der Waals surface area contributed by atoms with Gasteiger partial charge in [-0.15, -0.1) is 11.3 Å². The number of thiazole rings is 1. The molecule has 4 N–H and O–H groups in total. The van der Waals surface area contributed by atoms with Gasteiger partial charge in [0, 0.05) is 24.0 Å². The first-order valence-electron chi connectivity index (χ1n) is 5.50. The lowest BCUT2D eigenvalue weighted by atomic mass is 10.0. The van der Waals surface area contributed by atoms with Crippen LogP contribution in [0, 0.1) is 6.92 Å². The lowest BCUT2D eigenvalue weighted by Gasteiger charge is -2.10. The number of aromatic nitrogens is 2. The monoisotopic (exact) mass is 248 g/mol. The first-order chi connectivity index (χ1) is 8.13. The van der Waals surface area contributed by atoms with E-state index in [0.717, 1.165) is 29.1 Å². The topological polar surface area (TPSA) is 77.8 Å². The van der Waals surface area contributed by atoms with Crippen molar-refractivity contribution in [2.24, 2.45) is 5.73 Å². The molecule has 1 atom stereocenters. The summed E-state index contributed by atoms with van der Waals surface area (Å²) in [6, 6.07) is 3.88.